The number of alkyl carbamates (subject to hydrolysis) is 1. The number of ether oxygens (including phenoxy) is 1. The van der Waals surface area contributed by atoms with Gasteiger partial charge in [0, 0.05) is 0 Å². The molecule has 1 rings (SSSR count). The molecule has 0 bridgehead atoms. The molecule has 0 spiro atoms. The Balaban J connectivity index is 2.42. The molecule has 0 aromatic heterocycles. The van der Waals surface area contributed by atoms with Crippen LogP contribution in [0.4, 0.5) is 4.79 Å². The first-order chi connectivity index (χ1) is 6.25. The fourth-order valence-corrected chi connectivity index (χ4v) is 1.09. The maximum absolute atomic E-state index is 11.3. The minimum Gasteiger partial charge on any atom is -0.444 e. The average molecular weight is 201 g/mol. The van der Waals surface area contributed by atoms with Crippen LogP contribution in [0, 0.1) is 0 Å². The van der Waals surface area contributed by atoms with E-state index in [9.17, 15) is 4.79 Å². The highest BCUT2D eigenvalue weighted by atomic mass is 16.6. The van der Waals surface area contributed by atoms with E-state index in [2.05, 4.69) is 5.32 Å². The zero-order valence-electron chi connectivity index (χ0n) is 8.70. The Hall–Kier alpha value is -0.745. The molecule has 14 heavy (non-hydrogen) atoms. The second kappa shape index (κ2) is 3.44. The first-order valence-electron chi connectivity index (χ1n) is 4.62. The Morgan fingerprint density at radius 3 is 2.21 bits per heavy atom. The van der Waals surface area contributed by atoms with Crippen LogP contribution in [0.3, 0.4) is 0 Å². The average Bonchev–Trinajstić information content (AvgIpc) is 2.63. The summed E-state index contributed by atoms with van der Waals surface area (Å²) in [7, 11) is -1.52. The lowest BCUT2D eigenvalue weighted by atomic mass is 9.76. The van der Waals surface area contributed by atoms with E-state index in [1.807, 2.05) is 0 Å². The smallest absolute Gasteiger partial charge is 0.444 e. The van der Waals surface area contributed by atoms with Gasteiger partial charge in [0.1, 0.15) is 5.60 Å². The van der Waals surface area contributed by atoms with Crippen molar-refractivity contribution in [2.24, 2.45) is 0 Å². The first-order valence-corrected chi connectivity index (χ1v) is 4.62. The van der Waals surface area contributed by atoms with Crippen LogP contribution in [0.5, 0.6) is 0 Å². The second-order valence-electron chi connectivity index (χ2n) is 4.66. The summed E-state index contributed by atoms with van der Waals surface area (Å²) in [5.41, 5.74) is -1.44. The van der Waals surface area contributed by atoms with Gasteiger partial charge in [-0.25, -0.2) is 4.79 Å². The molecule has 1 saturated carbocycles. The molecule has 0 atom stereocenters. The summed E-state index contributed by atoms with van der Waals surface area (Å²) >= 11 is 0. The highest BCUT2D eigenvalue weighted by Gasteiger charge is 2.54. The lowest BCUT2D eigenvalue weighted by Crippen LogP contribution is -2.50. The van der Waals surface area contributed by atoms with Crippen LogP contribution in [0.15, 0.2) is 0 Å². The number of rotatable bonds is 2. The Morgan fingerprint density at radius 1 is 1.43 bits per heavy atom. The van der Waals surface area contributed by atoms with Gasteiger partial charge in [-0.15, -0.1) is 0 Å². The van der Waals surface area contributed by atoms with E-state index < -0.39 is 24.3 Å². The quantitative estimate of drug-likeness (QED) is 0.551. The third-order valence-corrected chi connectivity index (χ3v) is 2.03. The van der Waals surface area contributed by atoms with E-state index in [1.54, 1.807) is 20.8 Å². The molecule has 3 N–H and O–H groups in total. The Labute approximate surface area is 83.6 Å². The van der Waals surface area contributed by atoms with Crippen LogP contribution in [0.2, 0.25) is 0 Å². The largest absolute Gasteiger partial charge is 0.478 e. The molecule has 0 radical (unpaired) electrons. The molecule has 1 aliphatic rings. The van der Waals surface area contributed by atoms with Gasteiger partial charge in [-0.3, -0.25) is 0 Å². The van der Waals surface area contributed by atoms with E-state index in [0.717, 1.165) is 0 Å². The van der Waals surface area contributed by atoms with Crippen molar-refractivity contribution in [3.63, 3.8) is 0 Å². The highest BCUT2D eigenvalue weighted by Crippen LogP contribution is 2.36. The summed E-state index contributed by atoms with van der Waals surface area (Å²) in [4.78, 5) is 11.3. The topological polar surface area (TPSA) is 78.8 Å². The molecule has 0 aromatic carbocycles. The van der Waals surface area contributed by atoms with Crippen LogP contribution in [0.1, 0.15) is 33.6 Å². The summed E-state index contributed by atoms with van der Waals surface area (Å²) < 4.78 is 4.99. The normalized spacial score (nSPS) is 18.6. The maximum atomic E-state index is 11.3. The van der Waals surface area contributed by atoms with Gasteiger partial charge in [0.25, 0.3) is 0 Å². The molecule has 1 fully saturated rings. The Bertz CT molecular complexity index is 232. The molecular formula is C8H16BNO4. The van der Waals surface area contributed by atoms with Gasteiger partial charge in [-0.2, -0.15) is 0 Å². The van der Waals surface area contributed by atoms with Crippen LogP contribution >= 0.6 is 0 Å². The number of nitrogens with one attached hydrogen (secondary N) is 1. The van der Waals surface area contributed by atoms with Gasteiger partial charge in [0.15, 0.2) is 0 Å². The zero-order valence-corrected chi connectivity index (χ0v) is 8.70. The molecule has 0 aliphatic heterocycles. The van der Waals surface area contributed by atoms with Crippen molar-refractivity contribution in [3.8, 4) is 0 Å². The molecule has 6 heteroatoms. The van der Waals surface area contributed by atoms with Crippen molar-refractivity contribution in [3.05, 3.63) is 0 Å². The molecular weight excluding hydrogens is 185 g/mol. The Kier molecular flexibility index (Phi) is 2.78. The van der Waals surface area contributed by atoms with Crippen molar-refractivity contribution in [2.75, 3.05) is 0 Å². The van der Waals surface area contributed by atoms with Crippen LogP contribution in [0.25, 0.3) is 0 Å². The highest BCUT2D eigenvalue weighted by molar-refractivity contribution is 6.47. The Morgan fingerprint density at radius 2 is 1.93 bits per heavy atom. The number of amides is 1. The van der Waals surface area contributed by atoms with Crippen LogP contribution in [-0.2, 0) is 4.74 Å². The summed E-state index contributed by atoms with van der Waals surface area (Å²) in [6, 6.07) is 0. The molecule has 80 valence electrons. The van der Waals surface area contributed by atoms with Crippen molar-refractivity contribution < 1.29 is 19.6 Å². The van der Waals surface area contributed by atoms with Crippen molar-refractivity contribution in [1.29, 1.82) is 0 Å². The molecule has 0 saturated heterocycles. The van der Waals surface area contributed by atoms with Gasteiger partial charge in [0.2, 0.25) is 0 Å². The van der Waals surface area contributed by atoms with Gasteiger partial charge in [-0.1, -0.05) is 0 Å². The fraction of sp³-hybridized carbons (Fsp3) is 0.875. The zero-order chi connectivity index (χ0) is 11.0. The predicted molar refractivity (Wildman–Crippen MR) is 51.5 cm³/mol. The second-order valence-corrected chi connectivity index (χ2v) is 4.66. The monoisotopic (exact) mass is 201 g/mol. The van der Waals surface area contributed by atoms with Crippen molar-refractivity contribution in [2.45, 2.75) is 44.7 Å². The third kappa shape index (κ3) is 2.89. The van der Waals surface area contributed by atoms with Crippen molar-refractivity contribution in [1.82, 2.24) is 5.32 Å². The van der Waals surface area contributed by atoms with Crippen molar-refractivity contribution >= 4 is 13.2 Å². The fourth-order valence-electron chi connectivity index (χ4n) is 1.09. The molecule has 1 aliphatic carbocycles. The SMILES string of the molecule is CC(C)(C)OC(=O)NC1(B(O)O)CC1. The minimum atomic E-state index is -1.52. The lowest BCUT2D eigenvalue weighted by molar-refractivity contribution is 0.0506. The van der Waals surface area contributed by atoms with E-state index >= 15 is 0 Å². The number of carbonyl (C=O) groups is 1. The summed E-state index contributed by atoms with van der Waals surface area (Å²) in [5.74, 6) is 0. The predicted octanol–water partition coefficient (Wildman–Crippen LogP) is 0.0557. The summed E-state index contributed by atoms with van der Waals surface area (Å²) in [5, 5.41) is 20.4. The first kappa shape index (κ1) is 11.3. The minimum absolute atomic E-state index is 0.569. The number of hydrogen-bond donors (Lipinski definition) is 3. The number of hydrogen-bond acceptors (Lipinski definition) is 4. The summed E-state index contributed by atoms with van der Waals surface area (Å²) in [6.07, 6.45) is 0.538. The molecule has 0 aromatic rings. The van der Waals surface area contributed by atoms with E-state index in [1.165, 1.54) is 0 Å². The standard InChI is InChI=1S/C8H16BNO4/c1-7(2,3)14-6(11)10-8(4-5-8)9(12)13/h12-13H,4-5H2,1-3H3,(H,10,11). The lowest BCUT2D eigenvalue weighted by Gasteiger charge is -2.22. The van der Waals surface area contributed by atoms with Crippen LogP contribution in [-0.4, -0.2) is 34.3 Å². The van der Waals surface area contributed by atoms with Crippen LogP contribution < -0.4 is 5.32 Å². The van der Waals surface area contributed by atoms with E-state index in [0.29, 0.717) is 12.8 Å². The summed E-state index contributed by atoms with van der Waals surface area (Å²) in [6.45, 7) is 5.25. The third-order valence-electron chi connectivity index (χ3n) is 2.03. The van der Waals surface area contributed by atoms with Gasteiger partial charge < -0.3 is 20.1 Å². The molecule has 5 nitrogen and oxygen atoms in total. The molecule has 0 heterocycles. The van der Waals surface area contributed by atoms with Gasteiger partial charge in [-0.05, 0) is 33.6 Å². The molecule has 0 unspecified atom stereocenters. The van der Waals surface area contributed by atoms with Gasteiger partial charge >= 0.3 is 13.2 Å². The maximum Gasteiger partial charge on any atom is 0.478 e. The molecule has 1 amide bonds. The van der Waals surface area contributed by atoms with E-state index in [-0.39, 0.29) is 0 Å². The number of carbonyl (C=O) groups excluding carboxylic acids is 1. The van der Waals surface area contributed by atoms with E-state index in [4.69, 9.17) is 14.8 Å². The van der Waals surface area contributed by atoms with Gasteiger partial charge in [0.05, 0.1) is 5.44 Å².